The van der Waals surface area contributed by atoms with Crippen LogP contribution < -0.4 is 5.32 Å². The first kappa shape index (κ1) is 22.0. The van der Waals surface area contributed by atoms with Crippen LogP contribution in [0.15, 0.2) is 41.6 Å². The predicted octanol–water partition coefficient (Wildman–Crippen LogP) is 3.62. The normalized spacial score (nSPS) is 15.2. The Kier molecular flexibility index (Phi) is 5.29. The Labute approximate surface area is 197 Å². The first-order valence-corrected chi connectivity index (χ1v) is 12.7. The van der Waals surface area contributed by atoms with Crippen molar-refractivity contribution in [3.63, 3.8) is 0 Å². The topological polar surface area (TPSA) is 110 Å². The molecule has 0 bridgehead atoms. The van der Waals surface area contributed by atoms with Crippen molar-refractivity contribution in [1.29, 1.82) is 0 Å². The summed E-state index contributed by atoms with van der Waals surface area (Å²) in [5.41, 5.74) is 4.18. The average Bonchev–Trinajstić information content (AvgIpc) is 3.59. The Bertz CT molecular complexity index is 1470. The maximum absolute atomic E-state index is 12.9. The van der Waals surface area contributed by atoms with E-state index in [2.05, 4.69) is 25.1 Å². The van der Waals surface area contributed by atoms with Crippen LogP contribution in [0.3, 0.4) is 0 Å². The number of benzene rings is 1. The third kappa shape index (κ3) is 4.22. The Morgan fingerprint density at radius 1 is 1.15 bits per heavy atom. The highest BCUT2D eigenvalue weighted by Gasteiger charge is 2.31. The molecule has 1 amide bonds. The van der Waals surface area contributed by atoms with Gasteiger partial charge in [-0.25, -0.2) is 8.42 Å². The number of nitrogens with zero attached hydrogens (tertiary/aromatic N) is 5. The van der Waals surface area contributed by atoms with Crippen LogP contribution in [-0.2, 0) is 22.8 Å². The van der Waals surface area contributed by atoms with Gasteiger partial charge in [-0.1, -0.05) is 12.6 Å². The number of nitrogens with one attached hydrogen (secondary N) is 1. The highest BCUT2D eigenvalue weighted by Crippen LogP contribution is 2.42. The lowest BCUT2D eigenvalue weighted by atomic mass is 10.1. The molecule has 1 fully saturated rings. The summed E-state index contributed by atoms with van der Waals surface area (Å²) in [4.78, 5) is 30.9. The van der Waals surface area contributed by atoms with Gasteiger partial charge in [0.15, 0.2) is 15.5 Å². The minimum atomic E-state index is -3.51. The van der Waals surface area contributed by atoms with E-state index in [0.717, 1.165) is 18.4 Å². The van der Waals surface area contributed by atoms with Crippen molar-refractivity contribution >= 4 is 32.9 Å². The number of rotatable bonds is 6. The molecule has 3 aromatic rings. The molecule has 2 aromatic heterocycles. The SMILES string of the molecule is [C-]#[N+]c1cncc(Cc2cc(Nc3ccc(C4CC4)cc3S(C)(=O)=O)c3c(n2)CN(C)C3=O)n1. The van der Waals surface area contributed by atoms with Crippen LogP contribution >= 0.6 is 0 Å². The molecule has 0 spiro atoms. The fourth-order valence-corrected chi connectivity index (χ4v) is 5.04. The molecule has 0 unspecified atom stereocenters. The van der Waals surface area contributed by atoms with Gasteiger partial charge in [-0.2, -0.15) is 0 Å². The van der Waals surface area contributed by atoms with Crippen molar-refractivity contribution < 1.29 is 13.2 Å². The smallest absolute Gasteiger partial charge is 0.288 e. The van der Waals surface area contributed by atoms with E-state index in [4.69, 9.17) is 6.57 Å². The molecule has 34 heavy (non-hydrogen) atoms. The molecule has 0 saturated heterocycles. The number of hydrogen-bond donors (Lipinski definition) is 1. The van der Waals surface area contributed by atoms with Crippen molar-refractivity contribution in [2.45, 2.75) is 36.6 Å². The summed E-state index contributed by atoms with van der Waals surface area (Å²) in [5, 5.41) is 3.21. The zero-order valence-electron chi connectivity index (χ0n) is 18.7. The van der Waals surface area contributed by atoms with Crippen molar-refractivity contribution in [1.82, 2.24) is 19.9 Å². The molecule has 1 saturated carbocycles. The number of anilines is 2. The van der Waals surface area contributed by atoms with Gasteiger partial charge in [0.25, 0.3) is 11.7 Å². The van der Waals surface area contributed by atoms with Gasteiger partial charge in [-0.15, -0.1) is 4.98 Å². The number of amides is 1. The second-order valence-electron chi connectivity index (χ2n) is 8.73. The Hall–Kier alpha value is -3.84. The molecule has 1 aliphatic carbocycles. The second-order valence-corrected chi connectivity index (χ2v) is 10.7. The van der Waals surface area contributed by atoms with Crippen molar-refractivity contribution in [3.05, 3.63) is 76.3 Å². The number of carbonyl (C=O) groups is 1. The molecule has 1 aromatic carbocycles. The third-order valence-electron chi connectivity index (χ3n) is 5.97. The van der Waals surface area contributed by atoms with Gasteiger partial charge in [0.1, 0.15) is 0 Å². The van der Waals surface area contributed by atoms with Gasteiger partial charge >= 0.3 is 0 Å². The van der Waals surface area contributed by atoms with Gasteiger partial charge < -0.3 is 15.1 Å². The van der Waals surface area contributed by atoms with Gasteiger partial charge in [0.05, 0.1) is 58.6 Å². The third-order valence-corrected chi connectivity index (χ3v) is 7.10. The lowest BCUT2D eigenvalue weighted by Gasteiger charge is -2.16. The van der Waals surface area contributed by atoms with E-state index < -0.39 is 9.84 Å². The zero-order valence-corrected chi connectivity index (χ0v) is 19.6. The van der Waals surface area contributed by atoms with E-state index in [9.17, 15) is 13.2 Å². The molecule has 1 aliphatic heterocycles. The minimum Gasteiger partial charge on any atom is -0.359 e. The molecule has 1 N–H and O–H groups in total. The molecular weight excluding hydrogens is 452 g/mol. The Morgan fingerprint density at radius 2 is 1.94 bits per heavy atom. The summed E-state index contributed by atoms with van der Waals surface area (Å²) in [6.07, 6.45) is 6.60. The molecular formula is C24H22N6O3S. The van der Waals surface area contributed by atoms with Crippen LogP contribution in [-0.4, -0.2) is 47.5 Å². The Balaban J connectivity index is 1.57. The quantitative estimate of drug-likeness (QED) is 0.543. The zero-order chi connectivity index (χ0) is 24.0. The number of hydrogen-bond acceptors (Lipinski definition) is 7. The van der Waals surface area contributed by atoms with Crippen molar-refractivity contribution in [2.75, 3.05) is 18.6 Å². The average molecular weight is 475 g/mol. The van der Waals surface area contributed by atoms with Crippen LogP contribution in [0, 0.1) is 6.57 Å². The van der Waals surface area contributed by atoms with Crippen molar-refractivity contribution in [2.24, 2.45) is 0 Å². The molecule has 5 rings (SSSR count). The number of sulfone groups is 1. The molecule has 0 atom stereocenters. The van der Waals surface area contributed by atoms with Crippen LogP contribution in [0.2, 0.25) is 0 Å². The number of carbonyl (C=O) groups excluding carboxylic acids is 1. The van der Waals surface area contributed by atoms with Gasteiger partial charge in [-0.05, 0) is 42.5 Å². The molecule has 2 aliphatic rings. The van der Waals surface area contributed by atoms with E-state index in [-0.39, 0.29) is 16.6 Å². The molecule has 0 radical (unpaired) electrons. The fraction of sp³-hybridized carbons (Fsp3) is 0.292. The van der Waals surface area contributed by atoms with E-state index in [1.54, 1.807) is 36.3 Å². The van der Waals surface area contributed by atoms with E-state index in [0.29, 0.717) is 52.9 Å². The summed E-state index contributed by atoms with van der Waals surface area (Å²) in [7, 11) is -1.81. The monoisotopic (exact) mass is 474 g/mol. The predicted molar refractivity (Wildman–Crippen MR) is 126 cm³/mol. The maximum atomic E-state index is 12.9. The molecule has 10 heteroatoms. The first-order valence-electron chi connectivity index (χ1n) is 10.8. The van der Waals surface area contributed by atoms with Crippen LogP contribution in [0.5, 0.6) is 0 Å². The Morgan fingerprint density at radius 3 is 2.65 bits per heavy atom. The number of fused-ring (bicyclic) bond motifs is 1. The number of aromatic nitrogens is 3. The highest BCUT2D eigenvalue weighted by atomic mass is 32.2. The summed E-state index contributed by atoms with van der Waals surface area (Å²) >= 11 is 0. The standard InChI is InChI=1S/C24H22N6O3S/c1-25-22-12-26-11-17(28-22)9-16-10-19(23-20(27-16)13-30(2)24(23)31)29-18-7-6-15(14-4-5-14)8-21(18)34(3,32)33/h6-8,10-12,14H,4-5,9,13H2,2-3H3,(H,27,29). The lowest BCUT2D eigenvalue weighted by molar-refractivity contribution is 0.0817. The molecule has 172 valence electrons. The lowest BCUT2D eigenvalue weighted by Crippen LogP contribution is -2.18. The summed E-state index contributed by atoms with van der Waals surface area (Å²) < 4.78 is 25.2. The van der Waals surface area contributed by atoms with Crippen LogP contribution in [0.4, 0.5) is 17.2 Å². The number of pyridine rings is 1. The molecule has 3 heterocycles. The summed E-state index contributed by atoms with van der Waals surface area (Å²) in [6, 6.07) is 7.18. The fourth-order valence-electron chi connectivity index (χ4n) is 4.17. The van der Waals surface area contributed by atoms with E-state index in [1.165, 1.54) is 12.5 Å². The summed E-state index contributed by atoms with van der Waals surface area (Å²) in [5.74, 6) is 0.427. The maximum Gasteiger partial charge on any atom is 0.288 e. The first-order chi connectivity index (χ1) is 16.2. The van der Waals surface area contributed by atoms with Crippen LogP contribution in [0.25, 0.3) is 4.85 Å². The van der Waals surface area contributed by atoms with Gasteiger partial charge in [-0.3, -0.25) is 14.8 Å². The van der Waals surface area contributed by atoms with E-state index >= 15 is 0 Å². The second kappa shape index (κ2) is 8.18. The highest BCUT2D eigenvalue weighted by molar-refractivity contribution is 7.90. The van der Waals surface area contributed by atoms with Crippen LogP contribution in [0.1, 0.15) is 51.8 Å². The molecule has 9 nitrogen and oxygen atoms in total. The summed E-state index contributed by atoms with van der Waals surface area (Å²) in [6.45, 7) is 7.50. The van der Waals surface area contributed by atoms with E-state index in [1.807, 2.05) is 6.07 Å². The van der Waals surface area contributed by atoms with Crippen molar-refractivity contribution in [3.8, 4) is 0 Å². The van der Waals surface area contributed by atoms with Gasteiger partial charge in [0, 0.05) is 13.3 Å². The van der Waals surface area contributed by atoms with Gasteiger partial charge in [0.2, 0.25) is 0 Å². The minimum absolute atomic E-state index is 0.179. The largest absolute Gasteiger partial charge is 0.359 e.